The summed E-state index contributed by atoms with van der Waals surface area (Å²) in [5, 5.41) is 9.10. The molecule has 1 heterocycles. The highest BCUT2D eigenvalue weighted by atomic mass is 16.4. The zero-order valence-electron chi connectivity index (χ0n) is 16.6. The Bertz CT molecular complexity index is 1200. The number of aromatic carboxylic acids is 1. The summed E-state index contributed by atoms with van der Waals surface area (Å²) in [4.78, 5) is 38.1. The van der Waals surface area contributed by atoms with E-state index < -0.39 is 5.97 Å². The maximum absolute atomic E-state index is 13.2. The van der Waals surface area contributed by atoms with Gasteiger partial charge in [0.25, 0.3) is 11.8 Å². The number of hydrogen-bond acceptors (Lipinski definition) is 4. The number of amides is 2. The van der Waals surface area contributed by atoms with Crippen molar-refractivity contribution in [1.29, 1.82) is 0 Å². The lowest BCUT2D eigenvalue weighted by molar-refractivity contribution is -0.112. The normalized spacial score (nSPS) is 13.8. The largest absolute Gasteiger partial charge is 0.478 e. The summed E-state index contributed by atoms with van der Waals surface area (Å²) in [6, 6.07) is 20.5. The first-order valence-corrected chi connectivity index (χ1v) is 9.55. The second-order valence-electron chi connectivity index (χ2n) is 7.03. The van der Waals surface area contributed by atoms with Crippen LogP contribution in [0.5, 0.6) is 0 Å². The number of carbonyl (C=O) groups is 3. The Morgan fingerprint density at radius 3 is 2.23 bits per heavy atom. The van der Waals surface area contributed by atoms with Crippen LogP contribution in [0.25, 0.3) is 5.57 Å². The van der Waals surface area contributed by atoms with E-state index in [9.17, 15) is 14.4 Å². The van der Waals surface area contributed by atoms with Gasteiger partial charge in [0, 0.05) is 23.0 Å². The van der Waals surface area contributed by atoms with Gasteiger partial charge in [-0.15, -0.1) is 0 Å². The van der Waals surface area contributed by atoms with Crippen LogP contribution < -0.4 is 15.8 Å². The summed E-state index contributed by atoms with van der Waals surface area (Å²) in [5.41, 5.74) is 9.28. The van der Waals surface area contributed by atoms with Crippen LogP contribution in [0.15, 0.2) is 79.0 Å². The number of rotatable bonds is 5. The molecule has 0 atom stereocenters. The molecule has 7 nitrogen and oxygen atoms in total. The molecular weight excluding hydrogens is 394 g/mol. The first-order chi connectivity index (χ1) is 15.0. The van der Waals surface area contributed by atoms with Gasteiger partial charge in [-0.05, 0) is 49.4 Å². The highest BCUT2D eigenvalue weighted by Gasteiger charge is 2.33. The van der Waals surface area contributed by atoms with Gasteiger partial charge in [0.1, 0.15) is 0 Å². The van der Waals surface area contributed by atoms with E-state index in [1.54, 1.807) is 24.3 Å². The average molecular weight is 413 g/mol. The lowest BCUT2D eigenvalue weighted by Gasteiger charge is -2.17. The first kappa shape index (κ1) is 19.9. The third-order valence-corrected chi connectivity index (χ3v) is 4.96. The van der Waals surface area contributed by atoms with E-state index in [0.717, 1.165) is 5.56 Å². The monoisotopic (exact) mass is 413 g/mol. The van der Waals surface area contributed by atoms with Crippen molar-refractivity contribution in [2.75, 3.05) is 4.90 Å². The van der Waals surface area contributed by atoms with Crippen LogP contribution in [0, 0.1) is 6.92 Å². The Morgan fingerprint density at radius 1 is 0.903 bits per heavy atom. The maximum atomic E-state index is 13.2. The van der Waals surface area contributed by atoms with Crippen molar-refractivity contribution in [3.05, 3.63) is 101 Å². The van der Waals surface area contributed by atoms with Gasteiger partial charge in [-0.3, -0.25) is 19.9 Å². The maximum Gasteiger partial charge on any atom is 0.335 e. The fourth-order valence-corrected chi connectivity index (χ4v) is 3.34. The molecule has 2 amide bonds. The highest BCUT2D eigenvalue weighted by Crippen LogP contribution is 2.40. The number of fused-ring (bicyclic) bond motifs is 1. The molecule has 0 fully saturated rings. The molecule has 31 heavy (non-hydrogen) atoms. The van der Waals surface area contributed by atoms with Gasteiger partial charge in [-0.1, -0.05) is 35.9 Å². The quantitative estimate of drug-likeness (QED) is 0.438. The Labute approximate surface area is 178 Å². The number of anilines is 2. The van der Waals surface area contributed by atoms with Gasteiger partial charge >= 0.3 is 5.97 Å². The number of aryl methyl sites for hydroxylation is 1. The number of nitrogens with one attached hydrogen (secondary N) is 2. The van der Waals surface area contributed by atoms with E-state index in [4.69, 9.17) is 5.11 Å². The molecule has 3 aromatic carbocycles. The van der Waals surface area contributed by atoms with E-state index in [0.29, 0.717) is 28.1 Å². The zero-order valence-corrected chi connectivity index (χ0v) is 16.6. The Hall–Kier alpha value is -4.39. The Kier molecular flexibility index (Phi) is 5.24. The third kappa shape index (κ3) is 3.89. The summed E-state index contributed by atoms with van der Waals surface area (Å²) < 4.78 is 0. The highest BCUT2D eigenvalue weighted by molar-refractivity contribution is 6.34. The van der Waals surface area contributed by atoms with E-state index in [2.05, 4.69) is 10.9 Å². The molecule has 0 bridgehead atoms. The molecule has 0 saturated heterocycles. The predicted octanol–water partition coefficient (Wildman–Crippen LogP) is 3.65. The fraction of sp³-hybridized carbons (Fsp3) is 0.0417. The predicted molar refractivity (Wildman–Crippen MR) is 117 cm³/mol. The smallest absolute Gasteiger partial charge is 0.335 e. The average Bonchev–Trinajstić information content (AvgIpc) is 3.05. The molecular formula is C24H19N3O4. The van der Waals surface area contributed by atoms with Crippen LogP contribution in [-0.2, 0) is 4.79 Å². The number of carboxylic acids is 1. The topological polar surface area (TPSA) is 98.7 Å². The molecule has 1 aliphatic heterocycles. The number of hydrogen-bond donors (Lipinski definition) is 3. The van der Waals surface area contributed by atoms with Crippen molar-refractivity contribution in [2.24, 2.45) is 0 Å². The molecule has 7 heteroatoms. The fourth-order valence-electron chi connectivity index (χ4n) is 3.34. The molecule has 0 spiro atoms. The second kappa shape index (κ2) is 8.16. The minimum Gasteiger partial charge on any atom is -0.478 e. The molecule has 0 saturated carbocycles. The van der Waals surface area contributed by atoms with Crippen molar-refractivity contribution in [3.8, 4) is 0 Å². The van der Waals surface area contributed by atoms with Crippen molar-refractivity contribution < 1.29 is 19.5 Å². The molecule has 154 valence electrons. The van der Waals surface area contributed by atoms with Crippen LogP contribution in [0.4, 0.5) is 11.4 Å². The molecule has 3 N–H and O–H groups in total. The summed E-state index contributed by atoms with van der Waals surface area (Å²) in [6.07, 6.45) is 1.46. The van der Waals surface area contributed by atoms with E-state index in [1.807, 2.05) is 43.3 Å². The van der Waals surface area contributed by atoms with Crippen molar-refractivity contribution in [1.82, 2.24) is 10.9 Å². The molecule has 0 unspecified atom stereocenters. The van der Waals surface area contributed by atoms with Crippen LogP contribution >= 0.6 is 0 Å². The minimum atomic E-state index is -1.03. The standard InChI is InChI=1S/C24H19N3O4/c1-15-6-8-16(9-7-15)22(28)26-25-14-20-19-4-2-3-5-21(19)27(23(20)29)18-12-10-17(11-13-18)24(30)31/h2-14,25H,1H3,(H,26,28)(H,30,31)/b20-14-. The van der Waals surface area contributed by atoms with Gasteiger partial charge in [0.2, 0.25) is 0 Å². The van der Waals surface area contributed by atoms with Gasteiger partial charge in [0.05, 0.1) is 16.8 Å². The van der Waals surface area contributed by atoms with Gasteiger partial charge in [-0.2, -0.15) is 0 Å². The van der Waals surface area contributed by atoms with Crippen LogP contribution in [0.1, 0.15) is 31.8 Å². The first-order valence-electron chi connectivity index (χ1n) is 9.55. The zero-order chi connectivity index (χ0) is 22.0. The van der Waals surface area contributed by atoms with Gasteiger partial charge in [-0.25, -0.2) is 4.79 Å². The SMILES string of the molecule is Cc1ccc(C(=O)NN/C=C2\C(=O)N(c3ccc(C(=O)O)cc3)c3ccccc32)cc1. The van der Waals surface area contributed by atoms with Crippen molar-refractivity contribution in [3.63, 3.8) is 0 Å². The molecule has 1 aliphatic rings. The molecule has 3 aromatic rings. The Morgan fingerprint density at radius 2 is 1.55 bits per heavy atom. The number of carbonyl (C=O) groups excluding carboxylic acids is 2. The minimum absolute atomic E-state index is 0.139. The third-order valence-electron chi connectivity index (χ3n) is 4.96. The lowest BCUT2D eigenvalue weighted by Crippen LogP contribution is -2.34. The van der Waals surface area contributed by atoms with Crippen LogP contribution in [0.3, 0.4) is 0 Å². The van der Waals surface area contributed by atoms with E-state index >= 15 is 0 Å². The lowest BCUT2D eigenvalue weighted by atomic mass is 10.1. The number of nitrogens with zero attached hydrogens (tertiary/aromatic N) is 1. The summed E-state index contributed by atoms with van der Waals surface area (Å²) >= 11 is 0. The van der Waals surface area contributed by atoms with Gasteiger partial charge < -0.3 is 10.5 Å². The van der Waals surface area contributed by atoms with Gasteiger partial charge in [0.15, 0.2) is 0 Å². The van der Waals surface area contributed by atoms with E-state index in [1.165, 1.54) is 23.2 Å². The van der Waals surface area contributed by atoms with E-state index in [-0.39, 0.29) is 17.4 Å². The number of para-hydroxylation sites is 1. The molecule has 4 rings (SSSR count). The van der Waals surface area contributed by atoms with Crippen LogP contribution in [-0.4, -0.2) is 22.9 Å². The molecule has 0 aromatic heterocycles. The summed E-state index contributed by atoms with van der Waals surface area (Å²) in [5.74, 6) is -1.65. The summed E-state index contributed by atoms with van der Waals surface area (Å²) in [7, 11) is 0. The van der Waals surface area contributed by atoms with Crippen molar-refractivity contribution >= 4 is 34.7 Å². The second-order valence-corrected chi connectivity index (χ2v) is 7.03. The Balaban J connectivity index is 1.57. The number of benzene rings is 3. The molecule has 0 radical (unpaired) electrons. The molecule has 0 aliphatic carbocycles. The van der Waals surface area contributed by atoms with Crippen molar-refractivity contribution in [2.45, 2.75) is 6.92 Å². The number of carboxylic acid groups (broad SMARTS) is 1. The van der Waals surface area contributed by atoms with Crippen LogP contribution in [0.2, 0.25) is 0 Å². The number of hydrazine groups is 1. The summed E-state index contributed by atoms with van der Waals surface area (Å²) in [6.45, 7) is 1.94.